The third-order valence-electron chi connectivity index (χ3n) is 2.30. The Kier molecular flexibility index (Phi) is 2.78. The van der Waals surface area contributed by atoms with Crippen LogP contribution >= 0.6 is 0 Å². The lowest BCUT2D eigenvalue weighted by molar-refractivity contribution is 0.102. The predicted molar refractivity (Wildman–Crippen MR) is 64.5 cm³/mol. The van der Waals surface area contributed by atoms with E-state index in [0.29, 0.717) is 17.2 Å². The molecule has 2 rings (SSSR count). The molecule has 1 amide bonds. The van der Waals surface area contributed by atoms with E-state index in [9.17, 15) is 4.79 Å². The van der Waals surface area contributed by atoms with Crippen LogP contribution in [-0.2, 0) is 7.05 Å². The summed E-state index contributed by atoms with van der Waals surface area (Å²) in [4.78, 5) is 15.8. The Morgan fingerprint density at radius 1 is 1.41 bits per heavy atom. The van der Waals surface area contributed by atoms with Gasteiger partial charge in [-0.1, -0.05) is 0 Å². The Morgan fingerprint density at radius 2 is 2.18 bits per heavy atom. The minimum Gasteiger partial charge on any atom is -0.399 e. The maximum absolute atomic E-state index is 11.9. The Labute approximate surface area is 98.5 Å². The van der Waals surface area contributed by atoms with Crippen molar-refractivity contribution in [2.75, 3.05) is 11.1 Å². The summed E-state index contributed by atoms with van der Waals surface area (Å²) in [6, 6.07) is 5.19. The number of hydrogen-bond donors (Lipinski definition) is 2. The first-order chi connectivity index (χ1) is 8.06. The van der Waals surface area contributed by atoms with Crippen LogP contribution < -0.4 is 11.1 Å². The highest BCUT2D eigenvalue weighted by Gasteiger charge is 2.10. The molecule has 0 saturated heterocycles. The van der Waals surface area contributed by atoms with Crippen molar-refractivity contribution in [3.05, 3.63) is 35.7 Å². The molecule has 0 bridgehead atoms. The minimum absolute atomic E-state index is 0.253. The first-order valence-corrected chi connectivity index (χ1v) is 5.09. The number of nitrogens with one attached hydrogen (secondary N) is 1. The van der Waals surface area contributed by atoms with Gasteiger partial charge < -0.3 is 5.73 Å². The predicted octanol–water partition coefficient (Wildman–Crippen LogP) is 0.958. The lowest BCUT2D eigenvalue weighted by atomic mass is 10.1. The Morgan fingerprint density at radius 3 is 2.76 bits per heavy atom. The number of anilines is 2. The van der Waals surface area contributed by atoms with Crippen LogP contribution in [0.1, 0.15) is 15.9 Å². The zero-order valence-electron chi connectivity index (χ0n) is 9.64. The molecule has 1 aromatic carbocycles. The van der Waals surface area contributed by atoms with Crippen LogP contribution in [0.15, 0.2) is 24.5 Å². The van der Waals surface area contributed by atoms with Gasteiger partial charge in [0, 0.05) is 18.3 Å². The minimum atomic E-state index is -0.253. The maximum atomic E-state index is 11.9. The van der Waals surface area contributed by atoms with E-state index in [0.717, 1.165) is 5.56 Å². The lowest BCUT2D eigenvalue weighted by Gasteiger charge is -2.05. The molecular weight excluding hydrogens is 218 g/mol. The van der Waals surface area contributed by atoms with Gasteiger partial charge in [-0.2, -0.15) is 10.1 Å². The Bertz CT molecular complexity index is 540. The van der Waals surface area contributed by atoms with E-state index in [4.69, 9.17) is 5.73 Å². The number of aryl methyl sites for hydroxylation is 2. The van der Waals surface area contributed by atoms with Gasteiger partial charge in [-0.15, -0.1) is 0 Å². The van der Waals surface area contributed by atoms with Crippen LogP contribution in [0.2, 0.25) is 0 Å². The summed E-state index contributed by atoms with van der Waals surface area (Å²) in [6.07, 6.45) is 1.38. The average molecular weight is 231 g/mol. The molecule has 0 aliphatic carbocycles. The van der Waals surface area contributed by atoms with Crippen LogP contribution in [-0.4, -0.2) is 20.7 Å². The van der Waals surface area contributed by atoms with E-state index in [2.05, 4.69) is 15.4 Å². The van der Waals surface area contributed by atoms with Crippen LogP contribution in [0.3, 0.4) is 0 Å². The summed E-state index contributed by atoms with van der Waals surface area (Å²) in [5, 5.41) is 6.52. The first-order valence-electron chi connectivity index (χ1n) is 5.09. The highest BCUT2D eigenvalue weighted by Crippen LogP contribution is 2.12. The van der Waals surface area contributed by atoms with Gasteiger partial charge in [-0.25, -0.2) is 4.68 Å². The number of nitrogens with two attached hydrogens (primary N) is 1. The number of aromatic nitrogens is 3. The van der Waals surface area contributed by atoms with Crippen molar-refractivity contribution in [1.29, 1.82) is 0 Å². The molecule has 6 heteroatoms. The summed E-state index contributed by atoms with van der Waals surface area (Å²) in [6.45, 7) is 1.88. The molecule has 0 atom stereocenters. The molecule has 1 aromatic heterocycles. The van der Waals surface area contributed by atoms with Crippen LogP contribution in [0, 0.1) is 6.92 Å². The second-order valence-electron chi connectivity index (χ2n) is 3.79. The van der Waals surface area contributed by atoms with Gasteiger partial charge in [0.05, 0.1) is 0 Å². The standard InChI is InChI=1S/C11H13N5O/c1-7-3-8(5-9(12)4-7)10(17)15-11-13-6-14-16(11)2/h3-6H,12H2,1-2H3,(H,13,14,15,17). The average Bonchev–Trinajstić information content (AvgIpc) is 2.63. The van der Waals surface area contributed by atoms with E-state index >= 15 is 0 Å². The van der Waals surface area contributed by atoms with Gasteiger partial charge in [-0.05, 0) is 30.7 Å². The van der Waals surface area contributed by atoms with Crippen molar-refractivity contribution in [2.45, 2.75) is 6.92 Å². The molecule has 0 aliphatic heterocycles. The van der Waals surface area contributed by atoms with Crippen LogP contribution in [0.25, 0.3) is 0 Å². The van der Waals surface area contributed by atoms with Gasteiger partial charge in [-0.3, -0.25) is 10.1 Å². The van der Waals surface area contributed by atoms with Crippen LogP contribution in [0.4, 0.5) is 11.6 Å². The van der Waals surface area contributed by atoms with Crippen LogP contribution in [0.5, 0.6) is 0 Å². The number of rotatable bonds is 2. The van der Waals surface area contributed by atoms with Gasteiger partial charge in [0.2, 0.25) is 5.95 Å². The third-order valence-corrected chi connectivity index (χ3v) is 2.30. The van der Waals surface area contributed by atoms with E-state index in [1.807, 2.05) is 6.92 Å². The van der Waals surface area contributed by atoms with Gasteiger partial charge in [0.15, 0.2) is 0 Å². The fourth-order valence-corrected chi connectivity index (χ4v) is 1.53. The topological polar surface area (TPSA) is 85.8 Å². The smallest absolute Gasteiger partial charge is 0.258 e. The van der Waals surface area contributed by atoms with E-state index < -0.39 is 0 Å². The highest BCUT2D eigenvalue weighted by molar-refractivity contribution is 6.04. The fraction of sp³-hybridized carbons (Fsp3) is 0.182. The quantitative estimate of drug-likeness (QED) is 0.754. The molecule has 1 heterocycles. The molecule has 0 aliphatic rings. The zero-order chi connectivity index (χ0) is 12.4. The molecule has 0 spiro atoms. The lowest BCUT2D eigenvalue weighted by Crippen LogP contribution is -2.15. The summed E-state index contributed by atoms with van der Waals surface area (Å²) in [7, 11) is 1.70. The monoisotopic (exact) mass is 231 g/mol. The Hall–Kier alpha value is -2.37. The molecule has 2 aromatic rings. The maximum Gasteiger partial charge on any atom is 0.258 e. The summed E-state index contributed by atoms with van der Waals surface area (Å²) in [5.74, 6) is 0.145. The van der Waals surface area contributed by atoms with Crippen molar-refractivity contribution < 1.29 is 4.79 Å². The summed E-state index contributed by atoms with van der Waals surface area (Å²) in [5.41, 5.74) is 7.69. The molecule has 6 nitrogen and oxygen atoms in total. The number of hydrogen-bond acceptors (Lipinski definition) is 4. The SMILES string of the molecule is Cc1cc(N)cc(C(=O)Nc2ncnn2C)c1. The number of carbonyl (C=O) groups excluding carboxylic acids is 1. The van der Waals surface area contributed by atoms with E-state index in [-0.39, 0.29) is 5.91 Å². The molecule has 3 N–H and O–H groups in total. The molecule has 88 valence electrons. The molecular formula is C11H13N5O. The van der Waals surface area contributed by atoms with Crippen molar-refractivity contribution in [3.8, 4) is 0 Å². The summed E-state index contributed by atoms with van der Waals surface area (Å²) < 4.78 is 1.48. The van der Waals surface area contributed by atoms with Crippen molar-refractivity contribution in [1.82, 2.24) is 14.8 Å². The molecule has 0 unspecified atom stereocenters. The highest BCUT2D eigenvalue weighted by atomic mass is 16.1. The molecule has 0 saturated carbocycles. The number of benzene rings is 1. The Balaban J connectivity index is 2.23. The van der Waals surface area contributed by atoms with Crippen molar-refractivity contribution in [3.63, 3.8) is 0 Å². The largest absolute Gasteiger partial charge is 0.399 e. The van der Waals surface area contributed by atoms with Gasteiger partial charge in [0.1, 0.15) is 6.33 Å². The number of carbonyl (C=O) groups is 1. The normalized spacial score (nSPS) is 10.2. The molecule has 17 heavy (non-hydrogen) atoms. The zero-order valence-corrected chi connectivity index (χ0v) is 9.64. The third kappa shape index (κ3) is 2.41. The number of nitrogen functional groups attached to an aromatic ring is 1. The van der Waals surface area contributed by atoms with Crippen molar-refractivity contribution >= 4 is 17.5 Å². The second kappa shape index (κ2) is 4.25. The van der Waals surface area contributed by atoms with Crippen molar-refractivity contribution in [2.24, 2.45) is 7.05 Å². The molecule has 0 radical (unpaired) electrons. The summed E-state index contributed by atoms with van der Waals surface area (Å²) >= 11 is 0. The first kappa shape index (κ1) is 11.1. The van der Waals surface area contributed by atoms with E-state index in [1.54, 1.807) is 25.2 Å². The van der Waals surface area contributed by atoms with E-state index in [1.165, 1.54) is 11.0 Å². The van der Waals surface area contributed by atoms with Gasteiger partial charge >= 0.3 is 0 Å². The second-order valence-corrected chi connectivity index (χ2v) is 3.79. The van der Waals surface area contributed by atoms with Gasteiger partial charge in [0.25, 0.3) is 5.91 Å². The molecule has 0 fully saturated rings. The number of amides is 1. The number of nitrogens with zero attached hydrogens (tertiary/aromatic N) is 3. The fourth-order valence-electron chi connectivity index (χ4n) is 1.53.